The van der Waals surface area contributed by atoms with Gasteiger partial charge in [-0.05, 0) is 18.5 Å². The molecule has 0 bridgehead atoms. The van der Waals surface area contributed by atoms with Crippen molar-refractivity contribution in [2.45, 2.75) is 19.1 Å². The number of nitrogens with zero attached hydrogens (tertiary/aromatic N) is 4. The third kappa shape index (κ3) is 3.81. The molecule has 10 heteroatoms. The average Bonchev–Trinajstić information content (AvgIpc) is 3.29. The Morgan fingerprint density at radius 3 is 2.91 bits per heavy atom. The lowest BCUT2D eigenvalue weighted by Crippen LogP contribution is -2.33. The first-order valence-corrected chi connectivity index (χ1v) is 9.98. The van der Waals surface area contributed by atoms with Crippen molar-refractivity contribution in [1.82, 2.24) is 24.6 Å². The van der Waals surface area contributed by atoms with Gasteiger partial charge in [0.15, 0.2) is 0 Å². The van der Waals surface area contributed by atoms with E-state index in [1.807, 2.05) is 24.3 Å². The summed E-state index contributed by atoms with van der Waals surface area (Å²) in [5.74, 6) is -0.579. The van der Waals surface area contributed by atoms with Crippen LogP contribution in [-0.2, 0) is 11.3 Å². The topological polar surface area (TPSA) is 76.0 Å². The van der Waals surface area contributed by atoms with Gasteiger partial charge < -0.3 is 14.6 Å². The molecule has 1 aromatic carbocycles. The van der Waals surface area contributed by atoms with Gasteiger partial charge in [-0.3, -0.25) is 14.5 Å². The number of hydrogen-bond acceptors (Lipinski definition) is 4. The van der Waals surface area contributed by atoms with Gasteiger partial charge in [-0.2, -0.15) is 18.3 Å². The van der Waals surface area contributed by atoms with Crippen molar-refractivity contribution in [1.29, 1.82) is 0 Å². The van der Waals surface area contributed by atoms with Gasteiger partial charge in [-0.1, -0.05) is 18.2 Å². The SMILES string of the molecule is [2H]C1([2H])COCCN(C(=O)c2cc3c(cn2)c(-c2c[nH]c4ccccc24)nn3CC(F)(F)F)C1. The zero-order valence-electron chi connectivity index (χ0n) is 18.8. The number of fused-ring (bicyclic) bond motifs is 2. The molecule has 5 rings (SSSR count). The predicted octanol–water partition coefficient (Wildman–Crippen LogP) is 4.00. The summed E-state index contributed by atoms with van der Waals surface area (Å²) in [6.07, 6.45) is -3.23. The number of H-pyrrole nitrogens is 1. The molecule has 166 valence electrons. The monoisotopic (exact) mass is 445 g/mol. The van der Waals surface area contributed by atoms with E-state index >= 15 is 0 Å². The van der Waals surface area contributed by atoms with Crippen LogP contribution >= 0.6 is 0 Å². The Bertz CT molecular complexity index is 1380. The van der Waals surface area contributed by atoms with E-state index in [-0.39, 0.29) is 37.5 Å². The van der Waals surface area contributed by atoms with Gasteiger partial charge >= 0.3 is 6.18 Å². The van der Waals surface area contributed by atoms with Crippen molar-refractivity contribution >= 4 is 27.7 Å². The Balaban J connectivity index is 1.61. The molecule has 0 radical (unpaired) electrons. The van der Waals surface area contributed by atoms with E-state index in [4.69, 9.17) is 7.48 Å². The largest absolute Gasteiger partial charge is 0.408 e. The summed E-state index contributed by atoms with van der Waals surface area (Å²) in [4.78, 5) is 21.7. The number of rotatable bonds is 3. The molecule has 32 heavy (non-hydrogen) atoms. The quantitative estimate of drug-likeness (QED) is 0.517. The summed E-state index contributed by atoms with van der Waals surface area (Å²) in [7, 11) is 0. The number of para-hydroxylation sites is 1. The number of pyridine rings is 1. The van der Waals surface area contributed by atoms with Gasteiger partial charge in [0.25, 0.3) is 5.91 Å². The Morgan fingerprint density at radius 2 is 2.06 bits per heavy atom. The maximum absolute atomic E-state index is 13.3. The van der Waals surface area contributed by atoms with Gasteiger partial charge in [0.05, 0.1) is 12.1 Å². The molecule has 0 unspecified atom stereocenters. The van der Waals surface area contributed by atoms with Crippen molar-refractivity contribution < 1.29 is 25.4 Å². The number of aromatic nitrogens is 4. The maximum atomic E-state index is 13.3. The summed E-state index contributed by atoms with van der Waals surface area (Å²) >= 11 is 0. The van der Waals surface area contributed by atoms with Crippen LogP contribution in [0.2, 0.25) is 0 Å². The highest BCUT2D eigenvalue weighted by molar-refractivity contribution is 6.04. The van der Waals surface area contributed by atoms with Crippen LogP contribution < -0.4 is 0 Å². The molecule has 0 spiro atoms. The highest BCUT2D eigenvalue weighted by Gasteiger charge is 2.31. The third-order valence-electron chi connectivity index (χ3n) is 5.33. The van der Waals surface area contributed by atoms with E-state index in [1.54, 1.807) is 6.20 Å². The first-order valence-electron chi connectivity index (χ1n) is 11.0. The number of amides is 1. The number of benzene rings is 1. The number of ether oxygens (including phenoxy) is 1. The third-order valence-corrected chi connectivity index (χ3v) is 5.33. The molecular weight excluding hydrogens is 423 g/mol. The zero-order chi connectivity index (χ0) is 24.1. The van der Waals surface area contributed by atoms with Crippen LogP contribution in [-0.4, -0.2) is 63.0 Å². The van der Waals surface area contributed by atoms with Gasteiger partial charge in [0.2, 0.25) is 0 Å². The molecule has 4 heterocycles. The highest BCUT2D eigenvalue weighted by Crippen LogP contribution is 2.34. The van der Waals surface area contributed by atoms with E-state index in [2.05, 4.69) is 15.1 Å². The van der Waals surface area contributed by atoms with E-state index in [0.29, 0.717) is 16.6 Å². The second-order valence-corrected chi connectivity index (χ2v) is 7.49. The summed E-state index contributed by atoms with van der Waals surface area (Å²) in [6, 6.07) is 8.66. The highest BCUT2D eigenvalue weighted by atomic mass is 19.4. The molecule has 4 aromatic rings. The lowest BCUT2D eigenvalue weighted by Gasteiger charge is -2.19. The van der Waals surface area contributed by atoms with Crippen LogP contribution in [0.5, 0.6) is 0 Å². The van der Waals surface area contributed by atoms with Crippen LogP contribution in [0.1, 0.15) is 19.6 Å². The van der Waals surface area contributed by atoms with Crippen LogP contribution in [0.15, 0.2) is 42.7 Å². The minimum absolute atomic E-state index is 0.0843. The number of hydrogen-bond donors (Lipinski definition) is 1. The van der Waals surface area contributed by atoms with Crippen LogP contribution in [0.4, 0.5) is 13.2 Å². The Labute approximate surface area is 183 Å². The van der Waals surface area contributed by atoms with Gasteiger partial charge in [0.1, 0.15) is 17.9 Å². The standard InChI is InChI=1S/C22H20F3N5O2/c23-22(24,25)13-30-19-10-18(21(31)29-6-3-8-32-9-7-29)27-12-16(19)20(28-30)15-11-26-17-5-2-1-4-14(15)17/h1-2,4-5,10-12,26H,3,6-9,13H2/i3D2. The van der Waals surface area contributed by atoms with Gasteiger partial charge in [-0.15, -0.1) is 0 Å². The average molecular weight is 445 g/mol. The second kappa shape index (κ2) is 7.94. The number of carbonyl (C=O) groups is 1. The molecule has 3 aromatic heterocycles. The van der Waals surface area contributed by atoms with Crippen LogP contribution in [0, 0.1) is 0 Å². The molecule has 0 atom stereocenters. The van der Waals surface area contributed by atoms with E-state index in [1.165, 1.54) is 17.2 Å². The van der Waals surface area contributed by atoms with E-state index < -0.39 is 25.0 Å². The first kappa shape index (κ1) is 18.2. The predicted molar refractivity (Wildman–Crippen MR) is 112 cm³/mol. The van der Waals surface area contributed by atoms with Crippen molar-refractivity contribution in [3.63, 3.8) is 0 Å². The summed E-state index contributed by atoms with van der Waals surface area (Å²) < 4.78 is 62.0. The number of halogens is 3. The number of nitrogens with one attached hydrogen (secondary N) is 1. The maximum Gasteiger partial charge on any atom is 0.408 e. The molecule has 0 aliphatic carbocycles. The minimum atomic E-state index is -4.53. The van der Waals surface area contributed by atoms with Gasteiger partial charge in [0, 0.05) is 56.7 Å². The zero-order valence-corrected chi connectivity index (χ0v) is 16.8. The Kier molecular flexibility index (Phi) is 4.51. The lowest BCUT2D eigenvalue weighted by molar-refractivity contribution is -0.141. The molecule has 7 nitrogen and oxygen atoms in total. The molecule has 1 saturated heterocycles. The Morgan fingerprint density at radius 1 is 1.22 bits per heavy atom. The van der Waals surface area contributed by atoms with Crippen molar-refractivity contribution in [3.8, 4) is 11.3 Å². The second-order valence-electron chi connectivity index (χ2n) is 7.49. The molecule has 1 aliphatic heterocycles. The summed E-state index contributed by atoms with van der Waals surface area (Å²) in [5, 5.41) is 5.42. The van der Waals surface area contributed by atoms with E-state index in [0.717, 1.165) is 15.6 Å². The molecule has 1 N–H and O–H groups in total. The Hall–Kier alpha value is -3.40. The summed E-state index contributed by atoms with van der Waals surface area (Å²) in [5.41, 5.74) is 1.79. The number of aromatic amines is 1. The lowest BCUT2D eigenvalue weighted by atomic mass is 10.1. The molecular formula is C22H20F3N5O2. The normalized spacial score (nSPS) is 17.9. The van der Waals surface area contributed by atoms with Crippen molar-refractivity contribution in [3.05, 3.63) is 48.4 Å². The number of alkyl halides is 3. The molecule has 1 aliphatic rings. The van der Waals surface area contributed by atoms with E-state index in [9.17, 15) is 18.0 Å². The number of carbonyl (C=O) groups excluding carboxylic acids is 1. The fourth-order valence-electron chi connectivity index (χ4n) is 3.86. The minimum Gasteiger partial charge on any atom is -0.380 e. The van der Waals surface area contributed by atoms with Crippen molar-refractivity contribution in [2.24, 2.45) is 0 Å². The van der Waals surface area contributed by atoms with Crippen LogP contribution in [0.3, 0.4) is 0 Å². The molecule has 1 amide bonds. The molecule has 1 fully saturated rings. The fraction of sp³-hybridized carbons (Fsp3) is 0.318. The summed E-state index contributed by atoms with van der Waals surface area (Å²) in [6.45, 7) is -1.36. The molecule has 0 saturated carbocycles. The van der Waals surface area contributed by atoms with Crippen LogP contribution in [0.25, 0.3) is 33.1 Å². The van der Waals surface area contributed by atoms with Crippen molar-refractivity contribution in [2.75, 3.05) is 26.3 Å². The van der Waals surface area contributed by atoms with Gasteiger partial charge in [-0.25, -0.2) is 0 Å². The first-order chi connectivity index (χ1) is 16.1. The fourth-order valence-corrected chi connectivity index (χ4v) is 3.86. The smallest absolute Gasteiger partial charge is 0.380 e.